The molecule has 13 heavy (non-hydrogen) atoms. The fraction of sp³-hybridized carbons (Fsp3) is 0.500. The van der Waals surface area contributed by atoms with Crippen molar-refractivity contribution in [1.29, 1.82) is 0 Å². The van der Waals surface area contributed by atoms with Crippen LogP contribution in [0.25, 0.3) is 0 Å². The first-order valence-corrected chi connectivity index (χ1v) is 4.87. The molecule has 3 atom stereocenters. The zero-order valence-electron chi connectivity index (χ0n) is 8.41. The first-order chi connectivity index (χ1) is 6.05. The topological polar surface area (TPSA) is 20.2 Å². The van der Waals surface area contributed by atoms with Gasteiger partial charge in [0, 0.05) is 0 Å². The summed E-state index contributed by atoms with van der Waals surface area (Å²) in [5.41, 5.74) is 1.77. The average Bonchev–Trinajstić information content (AvgIpc) is 2.30. The van der Waals surface area contributed by atoms with Gasteiger partial charge in [-0.2, -0.15) is 0 Å². The molecule has 0 bridgehead atoms. The molecule has 1 N–H and O–H groups in total. The molecule has 1 aliphatic rings. The van der Waals surface area contributed by atoms with Gasteiger partial charge in [0.05, 0.1) is 5.60 Å². The predicted octanol–water partition coefficient (Wildman–Crippen LogP) is 2.65. The average molecular weight is 176 g/mol. The van der Waals surface area contributed by atoms with Crippen molar-refractivity contribution in [3.05, 3.63) is 35.4 Å². The summed E-state index contributed by atoms with van der Waals surface area (Å²) in [5.74, 6) is 0.774. The Balaban J connectivity index is 2.61. The predicted molar refractivity (Wildman–Crippen MR) is 53.6 cm³/mol. The quantitative estimate of drug-likeness (QED) is 0.644. The molecule has 0 saturated heterocycles. The van der Waals surface area contributed by atoms with Crippen molar-refractivity contribution in [1.82, 2.24) is 0 Å². The summed E-state index contributed by atoms with van der Waals surface area (Å²) in [4.78, 5) is 0. The lowest BCUT2D eigenvalue weighted by molar-refractivity contribution is 0.00827. The maximum Gasteiger partial charge on any atom is 0.0902 e. The van der Waals surface area contributed by atoms with Crippen LogP contribution in [0.4, 0.5) is 0 Å². The second-order valence-corrected chi connectivity index (χ2v) is 4.31. The van der Waals surface area contributed by atoms with Crippen LogP contribution in [0, 0.1) is 5.92 Å². The Kier molecular flexibility index (Phi) is 1.74. The summed E-state index contributed by atoms with van der Waals surface area (Å²) in [6, 6.07) is 8.20. The largest absolute Gasteiger partial charge is 0.385 e. The minimum atomic E-state index is -0.643. The molecular weight excluding hydrogens is 160 g/mol. The minimum absolute atomic E-state index is 0.310. The lowest BCUT2D eigenvalue weighted by atomic mass is 9.87. The number of fused-ring (bicyclic) bond motifs is 1. The normalized spacial score (nSPS) is 37.5. The summed E-state index contributed by atoms with van der Waals surface area (Å²) >= 11 is 0. The number of aliphatic hydroxyl groups is 1. The third-order valence-electron chi connectivity index (χ3n) is 3.63. The van der Waals surface area contributed by atoms with Crippen LogP contribution in [-0.2, 0) is 5.60 Å². The van der Waals surface area contributed by atoms with E-state index in [0.29, 0.717) is 11.8 Å². The first kappa shape index (κ1) is 8.76. The minimum Gasteiger partial charge on any atom is -0.385 e. The van der Waals surface area contributed by atoms with Gasteiger partial charge in [0.15, 0.2) is 0 Å². The Labute approximate surface area is 79.4 Å². The molecule has 0 saturated carbocycles. The highest BCUT2D eigenvalue weighted by molar-refractivity contribution is 5.40. The molecule has 0 spiro atoms. The van der Waals surface area contributed by atoms with E-state index in [4.69, 9.17) is 0 Å². The SMILES string of the molecule is C[C@@H]1c2ccccc2[C@@](C)(O)[C@@H]1C. The van der Waals surface area contributed by atoms with Crippen LogP contribution in [0.15, 0.2) is 24.3 Å². The van der Waals surface area contributed by atoms with Gasteiger partial charge in [-0.05, 0) is 29.9 Å². The van der Waals surface area contributed by atoms with E-state index >= 15 is 0 Å². The Morgan fingerprint density at radius 1 is 1.23 bits per heavy atom. The standard InChI is InChI=1S/C12H16O/c1-8-9(2)12(3,13)11-7-5-4-6-10(8)11/h4-9,13H,1-3H3/t8-,9+,12-/m0/s1. The Hall–Kier alpha value is -0.820. The summed E-state index contributed by atoms with van der Waals surface area (Å²) < 4.78 is 0. The molecule has 0 aromatic heterocycles. The van der Waals surface area contributed by atoms with Gasteiger partial charge in [-0.3, -0.25) is 0 Å². The maximum absolute atomic E-state index is 10.3. The lowest BCUT2D eigenvalue weighted by Crippen LogP contribution is -2.25. The summed E-state index contributed by atoms with van der Waals surface area (Å²) in [6.07, 6.45) is 0. The molecule has 1 heteroatoms. The van der Waals surface area contributed by atoms with Gasteiger partial charge < -0.3 is 5.11 Å². The highest BCUT2D eigenvalue weighted by atomic mass is 16.3. The van der Waals surface area contributed by atoms with Gasteiger partial charge in [0.25, 0.3) is 0 Å². The molecule has 0 aliphatic heterocycles. The van der Waals surface area contributed by atoms with E-state index in [1.54, 1.807) is 0 Å². The van der Waals surface area contributed by atoms with E-state index in [-0.39, 0.29) is 0 Å². The number of hydrogen-bond donors (Lipinski definition) is 1. The highest BCUT2D eigenvalue weighted by Gasteiger charge is 2.42. The Bertz CT molecular complexity index is 328. The zero-order valence-corrected chi connectivity index (χ0v) is 8.41. The van der Waals surface area contributed by atoms with Gasteiger partial charge in [-0.25, -0.2) is 0 Å². The number of benzene rings is 1. The van der Waals surface area contributed by atoms with Crippen molar-refractivity contribution in [2.24, 2.45) is 5.92 Å². The molecule has 1 aromatic carbocycles. The summed E-state index contributed by atoms with van der Waals surface area (Å²) in [5, 5.41) is 10.3. The van der Waals surface area contributed by atoms with Crippen molar-refractivity contribution >= 4 is 0 Å². The fourth-order valence-corrected chi connectivity index (χ4v) is 2.36. The van der Waals surface area contributed by atoms with E-state index in [1.165, 1.54) is 5.56 Å². The van der Waals surface area contributed by atoms with Gasteiger partial charge in [-0.1, -0.05) is 38.1 Å². The molecule has 70 valence electrons. The summed E-state index contributed by atoms with van der Waals surface area (Å²) in [7, 11) is 0. The van der Waals surface area contributed by atoms with E-state index in [9.17, 15) is 5.11 Å². The maximum atomic E-state index is 10.3. The van der Waals surface area contributed by atoms with Crippen molar-refractivity contribution < 1.29 is 5.11 Å². The van der Waals surface area contributed by atoms with E-state index in [2.05, 4.69) is 19.9 Å². The zero-order chi connectivity index (χ0) is 9.64. The van der Waals surface area contributed by atoms with Gasteiger partial charge >= 0.3 is 0 Å². The third-order valence-corrected chi connectivity index (χ3v) is 3.63. The second kappa shape index (κ2) is 2.58. The molecule has 0 fully saturated rings. The van der Waals surface area contributed by atoms with Crippen LogP contribution in [0.5, 0.6) is 0 Å². The first-order valence-electron chi connectivity index (χ1n) is 4.87. The van der Waals surface area contributed by atoms with Crippen molar-refractivity contribution in [2.75, 3.05) is 0 Å². The van der Waals surface area contributed by atoms with Crippen LogP contribution in [0.2, 0.25) is 0 Å². The smallest absolute Gasteiger partial charge is 0.0902 e. The van der Waals surface area contributed by atoms with Gasteiger partial charge in [0.1, 0.15) is 0 Å². The molecule has 0 unspecified atom stereocenters. The highest BCUT2D eigenvalue weighted by Crippen LogP contribution is 2.48. The van der Waals surface area contributed by atoms with Crippen LogP contribution < -0.4 is 0 Å². The third kappa shape index (κ3) is 1.03. The van der Waals surface area contributed by atoms with Crippen LogP contribution in [0.3, 0.4) is 0 Å². The molecule has 0 heterocycles. The molecule has 1 nitrogen and oxygen atoms in total. The van der Waals surface area contributed by atoms with Crippen molar-refractivity contribution in [3.63, 3.8) is 0 Å². The van der Waals surface area contributed by atoms with E-state index in [0.717, 1.165) is 5.56 Å². The molecule has 0 amide bonds. The van der Waals surface area contributed by atoms with Crippen molar-refractivity contribution in [3.8, 4) is 0 Å². The monoisotopic (exact) mass is 176 g/mol. The second-order valence-electron chi connectivity index (χ2n) is 4.31. The Morgan fingerprint density at radius 2 is 1.85 bits per heavy atom. The van der Waals surface area contributed by atoms with Crippen LogP contribution in [0.1, 0.15) is 37.8 Å². The number of rotatable bonds is 0. The molecular formula is C12H16O. The van der Waals surface area contributed by atoms with Crippen LogP contribution >= 0.6 is 0 Å². The van der Waals surface area contributed by atoms with Gasteiger partial charge in [0.2, 0.25) is 0 Å². The van der Waals surface area contributed by atoms with Gasteiger partial charge in [-0.15, -0.1) is 0 Å². The number of hydrogen-bond acceptors (Lipinski definition) is 1. The van der Waals surface area contributed by atoms with E-state index in [1.807, 2.05) is 25.1 Å². The molecule has 1 aliphatic carbocycles. The fourth-order valence-electron chi connectivity index (χ4n) is 2.36. The molecule has 0 radical (unpaired) electrons. The lowest BCUT2D eigenvalue weighted by Gasteiger charge is -2.25. The molecule has 2 rings (SSSR count). The molecule has 1 aromatic rings. The Morgan fingerprint density at radius 3 is 2.46 bits per heavy atom. The van der Waals surface area contributed by atoms with Crippen LogP contribution in [-0.4, -0.2) is 5.11 Å². The summed E-state index contributed by atoms with van der Waals surface area (Å²) in [6.45, 7) is 6.22. The van der Waals surface area contributed by atoms with E-state index < -0.39 is 5.60 Å². The van der Waals surface area contributed by atoms with Crippen molar-refractivity contribution in [2.45, 2.75) is 32.3 Å².